The van der Waals surface area contributed by atoms with E-state index in [4.69, 9.17) is 15.2 Å². The monoisotopic (exact) mass is 208 g/mol. The van der Waals surface area contributed by atoms with Crippen LogP contribution in [-0.4, -0.2) is 26.4 Å². The number of hydrogen-bond acceptors (Lipinski definition) is 4. The molecule has 3 N–H and O–H groups in total. The molecule has 1 unspecified atom stereocenters. The molecule has 1 aromatic rings. The van der Waals surface area contributed by atoms with Crippen molar-refractivity contribution in [1.29, 1.82) is 0 Å². The number of nitrogens with two attached hydrogens (primary N) is 1. The smallest absolute Gasteiger partial charge is 0.121 e. The first kappa shape index (κ1) is 10.1. The van der Waals surface area contributed by atoms with E-state index >= 15 is 0 Å². The zero-order valence-corrected chi connectivity index (χ0v) is 8.82. The second-order valence-electron chi connectivity index (χ2n) is 3.66. The molecule has 0 radical (unpaired) electrons. The summed E-state index contributed by atoms with van der Waals surface area (Å²) < 4.78 is 10.4. The SMILES string of the molecule is COc1ccc(NC2CCOC2)c(N)c1. The van der Waals surface area contributed by atoms with Gasteiger partial charge in [-0.1, -0.05) is 0 Å². The first-order chi connectivity index (χ1) is 7.29. The van der Waals surface area contributed by atoms with Crippen molar-refractivity contribution in [3.05, 3.63) is 18.2 Å². The summed E-state index contributed by atoms with van der Waals surface area (Å²) >= 11 is 0. The zero-order chi connectivity index (χ0) is 10.7. The van der Waals surface area contributed by atoms with Crippen LogP contribution in [0.2, 0.25) is 0 Å². The molecule has 0 saturated carbocycles. The van der Waals surface area contributed by atoms with Gasteiger partial charge in [0.25, 0.3) is 0 Å². The highest BCUT2D eigenvalue weighted by molar-refractivity contribution is 5.68. The van der Waals surface area contributed by atoms with Gasteiger partial charge < -0.3 is 20.5 Å². The van der Waals surface area contributed by atoms with Crippen molar-refractivity contribution in [3.63, 3.8) is 0 Å². The molecule has 1 aliphatic rings. The Morgan fingerprint density at radius 2 is 2.40 bits per heavy atom. The topological polar surface area (TPSA) is 56.5 Å². The van der Waals surface area contributed by atoms with Crippen LogP contribution in [0.4, 0.5) is 11.4 Å². The molecule has 4 nitrogen and oxygen atoms in total. The second kappa shape index (κ2) is 4.40. The Hall–Kier alpha value is -1.42. The minimum atomic E-state index is 0.376. The van der Waals surface area contributed by atoms with E-state index in [1.807, 2.05) is 18.2 Å². The molecule has 2 rings (SSSR count). The summed E-state index contributed by atoms with van der Waals surface area (Å²) in [5.41, 5.74) is 7.55. The fraction of sp³-hybridized carbons (Fsp3) is 0.455. The Morgan fingerprint density at radius 1 is 1.53 bits per heavy atom. The number of ether oxygens (including phenoxy) is 2. The van der Waals surface area contributed by atoms with Crippen LogP contribution in [0.3, 0.4) is 0 Å². The van der Waals surface area contributed by atoms with E-state index in [0.29, 0.717) is 11.7 Å². The Kier molecular flexibility index (Phi) is 2.97. The van der Waals surface area contributed by atoms with E-state index in [0.717, 1.165) is 31.1 Å². The molecular weight excluding hydrogens is 192 g/mol. The minimum absolute atomic E-state index is 0.376. The maximum absolute atomic E-state index is 5.89. The first-order valence-electron chi connectivity index (χ1n) is 5.07. The summed E-state index contributed by atoms with van der Waals surface area (Å²) in [6.07, 6.45) is 1.03. The van der Waals surface area contributed by atoms with Gasteiger partial charge >= 0.3 is 0 Å². The van der Waals surface area contributed by atoms with Gasteiger partial charge in [0.15, 0.2) is 0 Å². The van der Waals surface area contributed by atoms with Gasteiger partial charge in [-0.2, -0.15) is 0 Å². The molecule has 1 heterocycles. The van der Waals surface area contributed by atoms with E-state index in [1.165, 1.54) is 0 Å². The zero-order valence-electron chi connectivity index (χ0n) is 8.82. The highest BCUT2D eigenvalue weighted by atomic mass is 16.5. The molecule has 1 atom stereocenters. The third kappa shape index (κ3) is 2.33. The lowest BCUT2D eigenvalue weighted by Crippen LogP contribution is -2.19. The van der Waals surface area contributed by atoms with Crippen molar-refractivity contribution >= 4 is 11.4 Å². The number of anilines is 2. The normalized spacial score (nSPS) is 20.2. The van der Waals surface area contributed by atoms with Gasteiger partial charge in [-0.25, -0.2) is 0 Å². The molecule has 82 valence electrons. The third-order valence-electron chi connectivity index (χ3n) is 2.55. The first-order valence-corrected chi connectivity index (χ1v) is 5.07. The minimum Gasteiger partial charge on any atom is -0.497 e. The number of rotatable bonds is 3. The molecule has 1 aromatic carbocycles. The largest absolute Gasteiger partial charge is 0.497 e. The molecular formula is C11H16N2O2. The van der Waals surface area contributed by atoms with E-state index in [9.17, 15) is 0 Å². The van der Waals surface area contributed by atoms with Gasteiger partial charge in [0, 0.05) is 12.7 Å². The standard InChI is InChI=1S/C11H16N2O2/c1-14-9-2-3-11(10(12)6-9)13-8-4-5-15-7-8/h2-3,6,8,13H,4-5,7,12H2,1H3. The number of benzene rings is 1. The van der Waals surface area contributed by atoms with Crippen molar-refractivity contribution in [1.82, 2.24) is 0 Å². The Bertz CT molecular complexity index is 335. The Balaban J connectivity index is 2.07. The van der Waals surface area contributed by atoms with Crippen LogP contribution in [0.25, 0.3) is 0 Å². The van der Waals surface area contributed by atoms with Crippen LogP contribution in [0, 0.1) is 0 Å². The summed E-state index contributed by atoms with van der Waals surface area (Å²) in [5, 5.41) is 3.35. The van der Waals surface area contributed by atoms with Crippen molar-refractivity contribution in [2.45, 2.75) is 12.5 Å². The van der Waals surface area contributed by atoms with Crippen LogP contribution in [0.15, 0.2) is 18.2 Å². The fourth-order valence-electron chi connectivity index (χ4n) is 1.67. The van der Waals surface area contributed by atoms with E-state index < -0.39 is 0 Å². The Morgan fingerprint density at radius 3 is 3.00 bits per heavy atom. The quantitative estimate of drug-likeness (QED) is 0.739. The lowest BCUT2D eigenvalue weighted by atomic mass is 10.2. The molecule has 0 aliphatic carbocycles. The summed E-state index contributed by atoms with van der Waals surface area (Å²) in [5.74, 6) is 0.778. The van der Waals surface area contributed by atoms with Gasteiger partial charge in [-0.3, -0.25) is 0 Å². The number of nitrogen functional groups attached to an aromatic ring is 1. The van der Waals surface area contributed by atoms with Gasteiger partial charge in [-0.15, -0.1) is 0 Å². The van der Waals surface area contributed by atoms with Crippen molar-refractivity contribution in [2.24, 2.45) is 0 Å². The van der Waals surface area contributed by atoms with Gasteiger partial charge in [0.1, 0.15) is 5.75 Å². The highest BCUT2D eigenvalue weighted by Gasteiger charge is 2.15. The van der Waals surface area contributed by atoms with Gasteiger partial charge in [0.2, 0.25) is 0 Å². The predicted molar refractivity (Wildman–Crippen MR) is 60.3 cm³/mol. The Labute approximate surface area is 89.4 Å². The molecule has 15 heavy (non-hydrogen) atoms. The number of hydrogen-bond donors (Lipinski definition) is 2. The highest BCUT2D eigenvalue weighted by Crippen LogP contribution is 2.25. The van der Waals surface area contributed by atoms with Crippen LogP contribution >= 0.6 is 0 Å². The molecule has 1 fully saturated rings. The lowest BCUT2D eigenvalue weighted by molar-refractivity contribution is 0.195. The number of nitrogens with one attached hydrogen (secondary N) is 1. The molecule has 4 heteroatoms. The molecule has 1 saturated heterocycles. The molecule has 0 spiro atoms. The van der Waals surface area contributed by atoms with Crippen LogP contribution < -0.4 is 15.8 Å². The van der Waals surface area contributed by atoms with Gasteiger partial charge in [0.05, 0.1) is 31.1 Å². The van der Waals surface area contributed by atoms with Crippen LogP contribution in [0.5, 0.6) is 5.75 Å². The molecule has 0 aromatic heterocycles. The van der Waals surface area contributed by atoms with Gasteiger partial charge in [-0.05, 0) is 18.6 Å². The summed E-state index contributed by atoms with van der Waals surface area (Å²) in [7, 11) is 1.63. The number of methoxy groups -OCH3 is 1. The van der Waals surface area contributed by atoms with Crippen molar-refractivity contribution in [2.75, 3.05) is 31.4 Å². The van der Waals surface area contributed by atoms with Crippen LogP contribution in [0.1, 0.15) is 6.42 Å². The third-order valence-corrected chi connectivity index (χ3v) is 2.55. The maximum Gasteiger partial charge on any atom is 0.121 e. The molecule has 0 amide bonds. The van der Waals surface area contributed by atoms with E-state index in [1.54, 1.807) is 7.11 Å². The lowest BCUT2D eigenvalue weighted by Gasteiger charge is -2.14. The van der Waals surface area contributed by atoms with Crippen LogP contribution in [-0.2, 0) is 4.74 Å². The average Bonchev–Trinajstić information content (AvgIpc) is 2.74. The van der Waals surface area contributed by atoms with E-state index in [2.05, 4.69) is 5.32 Å². The maximum atomic E-state index is 5.89. The average molecular weight is 208 g/mol. The summed E-state index contributed by atoms with van der Waals surface area (Å²) in [6.45, 7) is 1.58. The summed E-state index contributed by atoms with van der Waals surface area (Å²) in [4.78, 5) is 0. The van der Waals surface area contributed by atoms with Crippen molar-refractivity contribution < 1.29 is 9.47 Å². The summed E-state index contributed by atoms with van der Waals surface area (Å²) in [6, 6.07) is 6.03. The fourth-order valence-corrected chi connectivity index (χ4v) is 1.67. The van der Waals surface area contributed by atoms with Crippen molar-refractivity contribution in [3.8, 4) is 5.75 Å². The molecule has 0 bridgehead atoms. The predicted octanol–water partition coefficient (Wildman–Crippen LogP) is 1.48. The second-order valence-corrected chi connectivity index (χ2v) is 3.66. The molecule has 1 aliphatic heterocycles. The van der Waals surface area contributed by atoms with E-state index in [-0.39, 0.29) is 0 Å².